The van der Waals surface area contributed by atoms with E-state index < -0.39 is 17.7 Å². The van der Waals surface area contributed by atoms with E-state index in [0.29, 0.717) is 11.4 Å². The molecule has 1 aliphatic heterocycles. The van der Waals surface area contributed by atoms with Gasteiger partial charge < -0.3 is 24.7 Å². The second-order valence-corrected chi connectivity index (χ2v) is 6.79. The molecule has 3 rings (SSSR count). The summed E-state index contributed by atoms with van der Waals surface area (Å²) in [5.74, 6) is 0.337. The number of hydrogen-bond donors (Lipinski definition) is 2. The lowest BCUT2D eigenvalue weighted by molar-refractivity contribution is -0.120. The van der Waals surface area contributed by atoms with Crippen molar-refractivity contribution >= 4 is 28.6 Å². The number of carbonyl (C=O) groups excluding carboxylic acids is 2. The van der Waals surface area contributed by atoms with Crippen LogP contribution in [0.3, 0.4) is 0 Å². The van der Waals surface area contributed by atoms with E-state index >= 15 is 0 Å². The van der Waals surface area contributed by atoms with Crippen LogP contribution >= 0.6 is 0 Å². The van der Waals surface area contributed by atoms with Crippen molar-refractivity contribution in [2.45, 2.75) is 32.4 Å². The van der Waals surface area contributed by atoms with Crippen molar-refractivity contribution in [1.29, 1.82) is 0 Å². The summed E-state index contributed by atoms with van der Waals surface area (Å²) in [6.07, 6.45) is 1.19. The van der Waals surface area contributed by atoms with Gasteiger partial charge in [-0.2, -0.15) is 0 Å². The molecule has 0 saturated carbocycles. The Bertz CT molecular complexity index is 791. The molecule has 0 saturated heterocycles. The fourth-order valence-electron chi connectivity index (χ4n) is 2.60. The summed E-state index contributed by atoms with van der Waals surface area (Å²) < 4.78 is 11.0. The number of anilines is 1. The van der Waals surface area contributed by atoms with Gasteiger partial charge in [0.05, 0.1) is 5.69 Å². The van der Waals surface area contributed by atoms with E-state index in [0.717, 1.165) is 10.9 Å². The molecule has 0 fully saturated rings. The zero-order valence-electron chi connectivity index (χ0n) is 14.2. The van der Waals surface area contributed by atoms with E-state index in [1.54, 1.807) is 27.8 Å². The largest absolute Gasteiger partial charge is 0.489 e. The first-order chi connectivity index (χ1) is 11.2. The highest BCUT2D eigenvalue weighted by atomic mass is 16.6. The van der Waals surface area contributed by atoms with Crippen LogP contribution < -0.4 is 15.0 Å². The van der Waals surface area contributed by atoms with Crippen molar-refractivity contribution in [3.05, 3.63) is 24.4 Å². The average molecular weight is 331 g/mol. The maximum Gasteiger partial charge on any atom is 0.408 e. The third-order valence-electron chi connectivity index (χ3n) is 3.72. The van der Waals surface area contributed by atoms with Crippen LogP contribution in [0.4, 0.5) is 10.5 Å². The lowest BCUT2D eigenvalue weighted by atomic mass is 10.2. The Morgan fingerprint density at radius 2 is 2.17 bits per heavy atom. The molecule has 2 aromatic rings. The van der Waals surface area contributed by atoms with Crippen molar-refractivity contribution in [1.82, 2.24) is 10.3 Å². The van der Waals surface area contributed by atoms with Crippen molar-refractivity contribution in [2.75, 3.05) is 18.6 Å². The van der Waals surface area contributed by atoms with Crippen LogP contribution in [0.2, 0.25) is 0 Å². The van der Waals surface area contributed by atoms with Gasteiger partial charge in [0.25, 0.3) is 5.91 Å². The number of fused-ring (bicyclic) bond motifs is 2. The molecule has 7 heteroatoms. The number of nitrogens with one attached hydrogen (secondary N) is 2. The number of aromatic nitrogens is 1. The lowest BCUT2D eigenvalue weighted by Gasteiger charge is -2.23. The van der Waals surface area contributed by atoms with E-state index in [2.05, 4.69) is 10.3 Å². The van der Waals surface area contributed by atoms with Gasteiger partial charge in [0, 0.05) is 30.2 Å². The smallest absolute Gasteiger partial charge is 0.408 e. The highest BCUT2D eigenvalue weighted by molar-refractivity contribution is 6.02. The molecule has 128 valence electrons. The molecule has 0 aliphatic carbocycles. The molecule has 0 radical (unpaired) electrons. The topological polar surface area (TPSA) is 83.7 Å². The Kier molecular flexibility index (Phi) is 3.87. The van der Waals surface area contributed by atoms with E-state index in [4.69, 9.17) is 9.47 Å². The third-order valence-corrected chi connectivity index (χ3v) is 3.72. The molecule has 0 unspecified atom stereocenters. The Labute approximate surface area is 139 Å². The molecule has 7 nitrogen and oxygen atoms in total. The fraction of sp³-hybridized carbons (Fsp3) is 0.412. The number of carbonyl (C=O) groups is 2. The number of alkyl carbamates (subject to hydrolysis) is 1. The van der Waals surface area contributed by atoms with Gasteiger partial charge in [-0.1, -0.05) is 0 Å². The average Bonchev–Trinajstić information content (AvgIpc) is 2.90. The van der Waals surface area contributed by atoms with Gasteiger partial charge in [-0.15, -0.1) is 0 Å². The second kappa shape index (κ2) is 5.74. The zero-order chi connectivity index (χ0) is 17.5. The summed E-state index contributed by atoms with van der Waals surface area (Å²) in [7, 11) is 1.66. The number of hydrogen-bond acceptors (Lipinski definition) is 4. The first-order valence-corrected chi connectivity index (χ1v) is 7.75. The van der Waals surface area contributed by atoms with Gasteiger partial charge in [0.1, 0.15) is 24.0 Å². The third kappa shape index (κ3) is 3.15. The molecule has 1 aliphatic rings. The number of likely N-dealkylation sites (N-methyl/N-ethyl adjacent to an activating group) is 1. The molecule has 24 heavy (non-hydrogen) atoms. The van der Waals surface area contributed by atoms with Crippen LogP contribution in [0.25, 0.3) is 10.9 Å². The predicted molar refractivity (Wildman–Crippen MR) is 90.4 cm³/mol. The van der Waals surface area contributed by atoms with Gasteiger partial charge in [-0.05, 0) is 32.9 Å². The SMILES string of the molecule is CN1C(=O)[C@@H](NC(=O)OC(C)(C)C)COc2cc3[nH]ccc3cc21. The van der Waals surface area contributed by atoms with Crippen LogP contribution in [0.15, 0.2) is 24.4 Å². The number of ether oxygens (including phenoxy) is 2. The molecule has 2 heterocycles. The standard InChI is InChI=1S/C17H21N3O4/c1-17(2,3)24-16(22)19-12-9-23-14-8-11-10(5-6-18-11)7-13(14)20(4)15(12)21/h5-8,12,18H,9H2,1-4H3,(H,19,22)/t12-/m0/s1. The molecule has 0 spiro atoms. The molecular formula is C17H21N3O4. The van der Waals surface area contributed by atoms with Crippen molar-refractivity contribution in [3.8, 4) is 5.75 Å². The van der Waals surface area contributed by atoms with Crippen molar-refractivity contribution < 1.29 is 19.1 Å². The Hall–Kier alpha value is -2.70. The molecule has 1 atom stereocenters. The van der Waals surface area contributed by atoms with Gasteiger partial charge >= 0.3 is 6.09 Å². The minimum Gasteiger partial charge on any atom is -0.489 e. The van der Waals surface area contributed by atoms with E-state index in [-0.39, 0.29) is 12.5 Å². The number of nitrogens with zero attached hydrogens (tertiary/aromatic N) is 1. The summed E-state index contributed by atoms with van der Waals surface area (Å²) in [6.45, 7) is 5.34. The van der Waals surface area contributed by atoms with Gasteiger partial charge in [-0.25, -0.2) is 4.79 Å². The minimum atomic E-state index is -0.810. The summed E-state index contributed by atoms with van der Waals surface area (Å²) in [5, 5.41) is 3.56. The molecule has 2 N–H and O–H groups in total. The molecule has 1 aromatic heterocycles. The molecule has 0 bridgehead atoms. The highest BCUT2D eigenvalue weighted by Gasteiger charge is 2.32. The van der Waals surface area contributed by atoms with Gasteiger partial charge in [0.15, 0.2) is 0 Å². The molecule has 2 amide bonds. The van der Waals surface area contributed by atoms with E-state index in [1.165, 1.54) is 4.90 Å². The Morgan fingerprint density at radius 1 is 1.42 bits per heavy atom. The second-order valence-electron chi connectivity index (χ2n) is 6.79. The van der Waals surface area contributed by atoms with Crippen molar-refractivity contribution in [2.24, 2.45) is 0 Å². The normalized spacial score (nSPS) is 17.9. The maximum atomic E-state index is 12.7. The predicted octanol–water partition coefficient (Wildman–Crippen LogP) is 2.42. The molecular weight excluding hydrogens is 310 g/mol. The van der Waals surface area contributed by atoms with Crippen LogP contribution in [0, 0.1) is 0 Å². The lowest BCUT2D eigenvalue weighted by Crippen LogP contribution is -2.50. The van der Waals surface area contributed by atoms with Crippen LogP contribution in [-0.4, -0.2) is 42.3 Å². The highest BCUT2D eigenvalue weighted by Crippen LogP contribution is 2.34. The Balaban J connectivity index is 1.82. The minimum absolute atomic E-state index is 0.0433. The number of aromatic amines is 1. The number of H-pyrrole nitrogens is 1. The quantitative estimate of drug-likeness (QED) is 0.840. The summed E-state index contributed by atoms with van der Waals surface area (Å²) >= 11 is 0. The summed E-state index contributed by atoms with van der Waals surface area (Å²) in [6, 6.07) is 4.85. The van der Waals surface area contributed by atoms with Crippen LogP contribution in [0.1, 0.15) is 20.8 Å². The van der Waals surface area contributed by atoms with Gasteiger partial charge in [-0.3, -0.25) is 4.79 Å². The fourth-order valence-corrected chi connectivity index (χ4v) is 2.60. The first-order valence-electron chi connectivity index (χ1n) is 7.75. The summed E-state index contributed by atoms with van der Waals surface area (Å²) in [4.78, 5) is 29.2. The first kappa shape index (κ1) is 16.2. The maximum absolute atomic E-state index is 12.7. The number of rotatable bonds is 1. The van der Waals surface area contributed by atoms with Gasteiger partial charge in [0.2, 0.25) is 0 Å². The van der Waals surface area contributed by atoms with Crippen LogP contribution in [0.5, 0.6) is 5.75 Å². The number of amides is 2. The zero-order valence-corrected chi connectivity index (χ0v) is 14.2. The van der Waals surface area contributed by atoms with E-state index in [9.17, 15) is 9.59 Å². The Morgan fingerprint density at radius 3 is 2.88 bits per heavy atom. The summed E-state index contributed by atoms with van der Waals surface area (Å²) in [5.41, 5.74) is 0.959. The monoisotopic (exact) mass is 331 g/mol. The van der Waals surface area contributed by atoms with Crippen LogP contribution in [-0.2, 0) is 9.53 Å². The van der Waals surface area contributed by atoms with Crippen molar-refractivity contribution in [3.63, 3.8) is 0 Å². The number of benzene rings is 1. The van der Waals surface area contributed by atoms with E-state index in [1.807, 2.05) is 24.4 Å². The molecule has 1 aromatic carbocycles.